The average molecular weight is 183 g/mol. The Morgan fingerprint density at radius 1 is 1.75 bits per heavy atom. The van der Waals surface area contributed by atoms with Crippen LogP contribution in [0.25, 0.3) is 0 Å². The normalized spacial score (nSPS) is 9.00. The first-order valence-electron chi connectivity index (χ1n) is 3.62. The maximum absolute atomic E-state index is 11.2. The second kappa shape index (κ2) is 7.09. The van der Waals surface area contributed by atoms with E-state index in [9.17, 15) is 4.79 Å². The van der Waals surface area contributed by atoms with Crippen molar-refractivity contribution >= 4 is 26.2 Å². The van der Waals surface area contributed by atoms with Crippen molar-refractivity contribution in [1.29, 1.82) is 0 Å². The summed E-state index contributed by atoms with van der Waals surface area (Å²) in [6.45, 7) is 4.70. The number of hydrogen-bond donors (Lipinski definition) is 1. The van der Waals surface area contributed by atoms with E-state index in [4.69, 9.17) is 7.64 Å². The molecule has 0 aromatic rings. The summed E-state index contributed by atoms with van der Waals surface area (Å²) in [5.41, 5.74) is 0. The van der Waals surface area contributed by atoms with Crippen LogP contribution in [0.2, 0.25) is 0 Å². The molecule has 0 rings (SSSR count). The molecule has 1 radical (unpaired) electrons. The van der Waals surface area contributed by atoms with E-state index in [1.807, 2.05) is 0 Å². The van der Waals surface area contributed by atoms with Gasteiger partial charge in [0.05, 0.1) is 0 Å². The third-order valence-corrected chi connectivity index (χ3v) is 1.50. The van der Waals surface area contributed by atoms with Gasteiger partial charge in [0.1, 0.15) is 0 Å². The number of thiol groups is 1. The molecule has 12 heavy (non-hydrogen) atoms. The number of hydrogen-bond acceptors (Lipinski definition) is 3. The third kappa shape index (κ3) is 4.33. The molecule has 0 spiro atoms. The molecule has 0 saturated carbocycles. The molecule has 0 aromatic heterocycles. The van der Waals surface area contributed by atoms with Crippen LogP contribution in [0, 0.1) is 0 Å². The summed E-state index contributed by atoms with van der Waals surface area (Å²) in [5, 5.41) is 0. The minimum absolute atomic E-state index is 0.0294. The molecule has 5 heteroatoms. The number of nitrogens with zero attached hydrogens (tertiary/aromatic N) is 2. The van der Waals surface area contributed by atoms with Gasteiger partial charge in [-0.15, -0.1) is 0 Å². The van der Waals surface area contributed by atoms with Gasteiger partial charge >= 0.3 is 78.8 Å². The van der Waals surface area contributed by atoms with E-state index in [0.717, 1.165) is 0 Å². The first-order valence-corrected chi connectivity index (χ1v) is 4.25. The summed E-state index contributed by atoms with van der Waals surface area (Å²) in [4.78, 5) is 16.1. The van der Waals surface area contributed by atoms with Crippen LogP contribution in [-0.2, 0) is 4.79 Å². The molecule has 0 N–H and O–H groups in total. The van der Waals surface area contributed by atoms with Crippen LogP contribution in [0.1, 0.15) is 0 Å². The molecule has 0 atom stereocenters. The predicted octanol–water partition coefficient (Wildman–Crippen LogP) is 0.283. The quantitative estimate of drug-likeness (QED) is 0.358. The molecule has 65 valence electrons. The summed E-state index contributed by atoms with van der Waals surface area (Å²) in [6, 6.07) is 0. The SMILES string of the molecule is [B]=NCC(=O)N(CC=C)CCS. The topological polar surface area (TPSA) is 32.7 Å². The minimum atomic E-state index is -0.0912. The maximum atomic E-state index is 11.2. The van der Waals surface area contributed by atoms with Gasteiger partial charge in [0.15, 0.2) is 0 Å². The second-order valence-corrected chi connectivity index (χ2v) is 2.64. The monoisotopic (exact) mass is 183 g/mol. The zero-order valence-electron chi connectivity index (χ0n) is 6.94. The molecule has 1 amide bonds. The van der Waals surface area contributed by atoms with Gasteiger partial charge in [0.25, 0.3) is 0 Å². The molecule has 3 nitrogen and oxygen atoms in total. The number of carbonyl (C=O) groups is 1. The second-order valence-electron chi connectivity index (χ2n) is 2.19. The molecule has 0 bridgehead atoms. The fraction of sp³-hybridized carbons (Fsp3) is 0.571. The van der Waals surface area contributed by atoms with Crippen molar-refractivity contribution in [3.8, 4) is 0 Å². The van der Waals surface area contributed by atoms with Gasteiger partial charge in [0, 0.05) is 0 Å². The standard InChI is InChI=1S/C7H12BN2OS/c1-2-3-10(4-5-12)7(11)6-9-8/h2,12H,1,3-6H2. The molecule has 0 fully saturated rings. The molecule has 0 aliphatic rings. The Kier molecular flexibility index (Phi) is 6.75. The number of amides is 1. The van der Waals surface area contributed by atoms with E-state index in [-0.39, 0.29) is 12.5 Å². The first-order chi connectivity index (χ1) is 5.76. The van der Waals surface area contributed by atoms with E-state index in [1.54, 1.807) is 11.0 Å². The fourth-order valence-electron chi connectivity index (χ4n) is 0.772. The van der Waals surface area contributed by atoms with Gasteiger partial charge in [0.2, 0.25) is 0 Å². The predicted molar refractivity (Wildman–Crippen MR) is 53.7 cm³/mol. The molecule has 0 aliphatic carbocycles. The zero-order valence-corrected chi connectivity index (χ0v) is 7.83. The van der Waals surface area contributed by atoms with E-state index < -0.39 is 0 Å². The third-order valence-electron chi connectivity index (χ3n) is 1.30. The fourth-order valence-corrected chi connectivity index (χ4v) is 1.01. The van der Waals surface area contributed by atoms with Crippen LogP contribution >= 0.6 is 12.6 Å². The van der Waals surface area contributed by atoms with E-state index >= 15 is 0 Å². The molecular weight excluding hydrogens is 171 g/mol. The molecule has 0 heterocycles. The van der Waals surface area contributed by atoms with Gasteiger partial charge in [-0.05, 0) is 0 Å². The van der Waals surface area contributed by atoms with Crippen LogP contribution in [0.15, 0.2) is 17.6 Å². The number of carbonyl (C=O) groups excluding carboxylic acids is 1. The van der Waals surface area contributed by atoms with Gasteiger partial charge in [-0.1, -0.05) is 0 Å². The Morgan fingerprint density at radius 2 is 2.42 bits per heavy atom. The summed E-state index contributed by atoms with van der Waals surface area (Å²) in [5.74, 6) is 0.538. The Bertz CT molecular complexity index is 175. The summed E-state index contributed by atoms with van der Waals surface area (Å²) < 4.78 is 0. The van der Waals surface area contributed by atoms with Crippen LogP contribution in [0.5, 0.6) is 0 Å². The van der Waals surface area contributed by atoms with Crippen molar-refractivity contribution in [1.82, 2.24) is 4.90 Å². The van der Waals surface area contributed by atoms with Crippen molar-refractivity contribution in [2.45, 2.75) is 0 Å². The summed E-state index contributed by atoms with van der Waals surface area (Å²) in [7, 11) is 4.89. The van der Waals surface area contributed by atoms with Gasteiger partial charge in [-0.3, -0.25) is 0 Å². The average Bonchev–Trinajstić information content (AvgIpc) is 2.04. The van der Waals surface area contributed by atoms with Crippen LogP contribution in [-0.4, -0.2) is 43.8 Å². The van der Waals surface area contributed by atoms with E-state index in [1.165, 1.54) is 0 Å². The van der Waals surface area contributed by atoms with Crippen LogP contribution in [0.3, 0.4) is 0 Å². The van der Waals surface area contributed by atoms with Crippen LogP contribution in [0.4, 0.5) is 0 Å². The summed E-state index contributed by atoms with van der Waals surface area (Å²) in [6.07, 6.45) is 1.66. The Hall–Kier alpha value is -0.575. The van der Waals surface area contributed by atoms with Crippen molar-refractivity contribution in [2.75, 3.05) is 25.4 Å². The molecule has 0 saturated heterocycles. The van der Waals surface area contributed by atoms with E-state index in [2.05, 4.69) is 24.1 Å². The van der Waals surface area contributed by atoms with Gasteiger partial charge in [-0.2, -0.15) is 0 Å². The van der Waals surface area contributed by atoms with Gasteiger partial charge < -0.3 is 0 Å². The molecule has 0 aromatic carbocycles. The molecular formula is C7H12BN2OS. The first kappa shape index (κ1) is 11.4. The molecule has 0 unspecified atom stereocenters. The van der Waals surface area contributed by atoms with Crippen molar-refractivity contribution in [3.63, 3.8) is 0 Å². The van der Waals surface area contributed by atoms with Crippen molar-refractivity contribution in [3.05, 3.63) is 12.7 Å². The number of rotatable bonds is 6. The Labute approximate surface area is 79.4 Å². The van der Waals surface area contributed by atoms with Crippen LogP contribution < -0.4 is 0 Å². The van der Waals surface area contributed by atoms with E-state index in [0.29, 0.717) is 18.8 Å². The Morgan fingerprint density at radius 3 is 2.83 bits per heavy atom. The Balaban J connectivity index is 3.97. The zero-order chi connectivity index (χ0) is 9.40. The van der Waals surface area contributed by atoms with Gasteiger partial charge in [-0.25, -0.2) is 0 Å². The summed E-state index contributed by atoms with van der Waals surface area (Å²) >= 11 is 4.03. The molecule has 0 aliphatic heterocycles. The van der Waals surface area contributed by atoms with Crippen molar-refractivity contribution in [2.24, 2.45) is 4.90 Å². The van der Waals surface area contributed by atoms with Crippen molar-refractivity contribution < 1.29 is 4.79 Å².